The van der Waals surface area contributed by atoms with Crippen LogP contribution in [0.4, 0.5) is 0 Å². The van der Waals surface area contributed by atoms with Crippen LogP contribution in [0.15, 0.2) is 0 Å². The van der Waals surface area contributed by atoms with Crippen LogP contribution in [0.25, 0.3) is 0 Å². The van der Waals surface area contributed by atoms with E-state index in [0.717, 1.165) is 6.42 Å². The average molecular weight is 212 g/mol. The number of hydrogen-bond acceptors (Lipinski definition) is 3. The van der Waals surface area contributed by atoms with Crippen LogP contribution in [0, 0.1) is 17.8 Å². The van der Waals surface area contributed by atoms with E-state index in [1.165, 1.54) is 0 Å². The monoisotopic (exact) mass is 212 g/mol. The summed E-state index contributed by atoms with van der Waals surface area (Å²) in [5, 5.41) is 0. The molecule has 0 radical (unpaired) electrons. The number of carbonyl (C=O) groups excluding carboxylic acids is 2. The molecule has 0 amide bonds. The van der Waals surface area contributed by atoms with Gasteiger partial charge in [-0.3, -0.25) is 9.59 Å². The lowest BCUT2D eigenvalue weighted by Gasteiger charge is -2.32. The zero-order valence-corrected chi connectivity index (χ0v) is 9.79. The van der Waals surface area contributed by atoms with E-state index in [1.807, 2.05) is 20.8 Å². The highest BCUT2D eigenvalue weighted by molar-refractivity contribution is 5.85. The SMILES string of the molecule is CCOC(=O)C1CCC(=O)C(CC)C1C. The molecule has 0 aromatic rings. The highest BCUT2D eigenvalue weighted by Gasteiger charge is 2.38. The van der Waals surface area contributed by atoms with Crippen molar-refractivity contribution in [1.29, 1.82) is 0 Å². The van der Waals surface area contributed by atoms with Crippen molar-refractivity contribution in [2.45, 2.75) is 40.0 Å². The smallest absolute Gasteiger partial charge is 0.309 e. The Bertz CT molecular complexity index is 247. The maximum atomic E-state index is 11.6. The molecule has 15 heavy (non-hydrogen) atoms. The first kappa shape index (κ1) is 12.2. The van der Waals surface area contributed by atoms with Crippen LogP contribution in [-0.4, -0.2) is 18.4 Å². The summed E-state index contributed by atoms with van der Waals surface area (Å²) in [6, 6.07) is 0. The summed E-state index contributed by atoms with van der Waals surface area (Å²) in [4.78, 5) is 23.3. The van der Waals surface area contributed by atoms with Crippen molar-refractivity contribution in [3.63, 3.8) is 0 Å². The average Bonchev–Trinajstić information content (AvgIpc) is 2.18. The molecule has 0 aromatic carbocycles. The molecular formula is C12H20O3. The molecule has 0 bridgehead atoms. The van der Waals surface area contributed by atoms with Crippen molar-refractivity contribution >= 4 is 11.8 Å². The Balaban J connectivity index is 2.68. The maximum Gasteiger partial charge on any atom is 0.309 e. The molecule has 0 heterocycles. The zero-order valence-electron chi connectivity index (χ0n) is 9.79. The van der Waals surface area contributed by atoms with E-state index in [-0.39, 0.29) is 23.7 Å². The lowest BCUT2D eigenvalue weighted by Crippen LogP contribution is -2.37. The summed E-state index contributed by atoms with van der Waals surface area (Å²) in [5.74, 6) is 0.289. The summed E-state index contributed by atoms with van der Waals surface area (Å²) in [7, 11) is 0. The van der Waals surface area contributed by atoms with Crippen molar-refractivity contribution in [2.24, 2.45) is 17.8 Å². The van der Waals surface area contributed by atoms with E-state index in [2.05, 4.69) is 0 Å². The van der Waals surface area contributed by atoms with Crippen LogP contribution >= 0.6 is 0 Å². The summed E-state index contributed by atoms with van der Waals surface area (Å²) in [5.41, 5.74) is 0. The second-order valence-corrected chi connectivity index (χ2v) is 4.24. The molecule has 0 spiro atoms. The second kappa shape index (κ2) is 5.29. The number of ether oxygens (including phenoxy) is 1. The van der Waals surface area contributed by atoms with Gasteiger partial charge in [0.1, 0.15) is 5.78 Å². The van der Waals surface area contributed by atoms with Crippen LogP contribution < -0.4 is 0 Å². The third-order valence-electron chi connectivity index (χ3n) is 3.41. The fourth-order valence-corrected chi connectivity index (χ4v) is 2.50. The number of carbonyl (C=O) groups is 2. The third-order valence-corrected chi connectivity index (χ3v) is 3.41. The van der Waals surface area contributed by atoms with Crippen molar-refractivity contribution < 1.29 is 14.3 Å². The minimum atomic E-state index is -0.129. The quantitative estimate of drug-likeness (QED) is 0.673. The van der Waals surface area contributed by atoms with Crippen LogP contribution in [0.3, 0.4) is 0 Å². The molecule has 3 atom stereocenters. The predicted molar refractivity (Wildman–Crippen MR) is 57.3 cm³/mol. The lowest BCUT2D eigenvalue weighted by molar-refractivity contribution is -0.153. The highest BCUT2D eigenvalue weighted by Crippen LogP contribution is 2.34. The van der Waals surface area contributed by atoms with E-state index >= 15 is 0 Å². The van der Waals surface area contributed by atoms with E-state index in [9.17, 15) is 9.59 Å². The van der Waals surface area contributed by atoms with Gasteiger partial charge in [0.2, 0.25) is 0 Å². The Labute approximate surface area is 91.2 Å². The molecule has 1 rings (SSSR count). The number of rotatable bonds is 3. The largest absolute Gasteiger partial charge is 0.466 e. The van der Waals surface area contributed by atoms with Gasteiger partial charge in [0.15, 0.2) is 0 Å². The van der Waals surface area contributed by atoms with Gasteiger partial charge in [-0.15, -0.1) is 0 Å². The molecule has 1 fully saturated rings. The summed E-state index contributed by atoms with van der Waals surface area (Å²) in [6.07, 6.45) is 2.03. The topological polar surface area (TPSA) is 43.4 Å². The van der Waals surface area contributed by atoms with E-state index < -0.39 is 0 Å². The molecule has 1 aliphatic rings. The van der Waals surface area contributed by atoms with Gasteiger partial charge in [-0.25, -0.2) is 0 Å². The Morgan fingerprint density at radius 3 is 2.67 bits per heavy atom. The van der Waals surface area contributed by atoms with Crippen LogP contribution in [-0.2, 0) is 14.3 Å². The molecule has 1 saturated carbocycles. The summed E-state index contributed by atoms with van der Waals surface area (Å²) >= 11 is 0. The number of ketones is 1. The summed E-state index contributed by atoms with van der Waals surface area (Å²) in [6.45, 7) is 6.24. The van der Waals surface area contributed by atoms with E-state index in [4.69, 9.17) is 4.74 Å². The number of esters is 1. The second-order valence-electron chi connectivity index (χ2n) is 4.24. The van der Waals surface area contributed by atoms with Gasteiger partial charge < -0.3 is 4.74 Å². The first-order valence-electron chi connectivity index (χ1n) is 5.81. The van der Waals surface area contributed by atoms with Crippen LogP contribution in [0.5, 0.6) is 0 Å². The van der Waals surface area contributed by atoms with Crippen LogP contribution in [0.1, 0.15) is 40.0 Å². The molecule has 3 nitrogen and oxygen atoms in total. The first-order chi connectivity index (χ1) is 7.11. The van der Waals surface area contributed by atoms with Gasteiger partial charge in [-0.2, -0.15) is 0 Å². The van der Waals surface area contributed by atoms with Crippen molar-refractivity contribution in [1.82, 2.24) is 0 Å². The Kier molecular flexibility index (Phi) is 4.30. The Morgan fingerprint density at radius 1 is 1.47 bits per heavy atom. The van der Waals surface area contributed by atoms with Crippen molar-refractivity contribution in [3.05, 3.63) is 0 Å². The molecule has 0 saturated heterocycles. The standard InChI is InChI=1S/C12H20O3/c1-4-9-8(3)10(6-7-11(9)13)12(14)15-5-2/h8-10H,4-7H2,1-3H3. The molecule has 0 N–H and O–H groups in total. The van der Waals surface area contributed by atoms with Crippen molar-refractivity contribution in [3.8, 4) is 0 Å². The number of hydrogen-bond donors (Lipinski definition) is 0. The van der Waals surface area contributed by atoms with E-state index in [1.54, 1.807) is 0 Å². The Morgan fingerprint density at radius 2 is 2.13 bits per heavy atom. The zero-order chi connectivity index (χ0) is 11.4. The maximum absolute atomic E-state index is 11.6. The van der Waals surface area contributed by atoms with Crippen LogP contribution in [0.2, 0.25) is 0 Å². The van der Waals surface area contributed by atoms with Crippen molar-refractivity contribution in [2.75, 3.05) is 6.61 Å². The summed E-state index contributed by atoms with van der Waals surface area (Å²) < 4.78 is 5.03. The molecule has 3 heteroatoms. The highest BCUT2D eigenvalue weighted by atomic mass is 16.5. The molecular weight excluding hydrogens is 192 g/mol. The third kappa shape index (κ3) is 2.58. The van der Waals surface area contributed by atoms with Gasteiger partial charge in [-0.1, -0.05) is 13.8 Å². The van der Waals surface area contributed by atoms with E-state index in [0.29, 0.717) is 25.2 Å². The van der Waals surface area contributed by atoms with Gasteiger partial charge >= 0.3 is 5.97 Å². The Hall–Kier alpha value is -0.860. The molecule has 0 aliphatic heterocycles. The predicted octanol–water partition coefficient (Wildman–Crippen LogP) is 2.19. The minimum Gasteiger partial charge on any atom is -0.466 e. The van der Waals surface area contributed by atoms with Gasteiger partial charge in [-0.05, 0) is 25.7 Å². The minimum absolute atomic E-state index is 0.0492. The fourth-order valence-electron chi connectivity index (χ4n) is 2.50. The van der Waals surface area contributed by atoms with Gasteiger partial charge in [0, 0.05) is 12.3 Å². The molecule has 3 unspecified atom stereocenters. The lowest BCUT2D eigenvalue weighted by atomic mass is 9.71. The normalized spacial score (nSPS) is 31.4. The first-order valence-corrected chi connectivity index (χ1v) is 5.81. The number of Topliss-reactive ketones (excluding diaryl/α,β-unsaturated/α-hetero) is 1. The van der Waals surface area contributed by atoms with Gasteiger partial charge in [0.05, 0.1) is 12.5 Å². The fraction of sp³-hybridized carbons (Fsp3) is 0.833. The molecule has 86 valence electrons. The molecule has 0 aromatic heterocycles. The molecule has 1 aliphatic carbocycles. The van der Waals surface area contributed by atoms with Gasteiger partial charge in [0.25, 0.3) is 0 Å².